The number of aryl methyl sites for hydroxylation is 2. The Morgan fingerprint density at radius 3 is 2.54 bits per heavy atom. The molecular formula is C14H14FN7OS. The van der Waals surface area contributed by atoms with Crippen molar-refractivity contribution < 1.29 is 8.60 Å². The van der Waals surface area contributed by atoms with Crippen molar-refractivity contribution in [3.8, 4) is 11.4 Å². The number of nitrogens with zero attached hydrogens (tertiary/aromatic N) is 7. The highest BCUT2D eigenvalue weighted by molar-refractivity contribution is 7.85. The summed E-state index contributed by atoms with van der Waals surface area (Å²) in [5.74, 6) is 0.831. The SMILES string of the molecule is O=S(CCc1cn(CCF)nn1)c1ccc(-c2nncnn2)cc1. The molecule has 0 N–H and O–H groups in total. The molecule has 0 radical (unpaired) electrons. The monoisotopic (exact) mass is 347 g/mol. The van der Waals surface area contributed by atoms with Gasteiger partial charge in [-0.2, -0.15) is 0 Å². The highest BCUT2D eigenvalue weighted by Crippen LogP contribution is 2.16. The standard InChI is InChI=1S/C14H14FN7OS/c15-6-7-22-9-12(18-21-22)5-8-24(23)13-3-1-11(2-4-13)14-19-16-10-17-20-14/h1-4,9-10H,5-8H2. The van der Waals surface area contributed by atoms with E-state index < -0.39 is 17.5 Å². The van der Waals surface area contributed by atoms with E-state index in [1.54, 1.807) is 30.5 Å². The van der Waals surface area contributed by atoms with Crippen molar-refractivity contribution in [2.45, 2.75) is 17.9 Å². The van der Waals surface area contributed by atoms with Crippen LogP contribution in [0.25, 0.3) is 11.4 Å². The van der Waals surface area contributed by atoms with Gasteiger partial charge in [0.2, 0.25) is 5.82 Å². The molecule has 0 aliphatic rings. The predicted octanol–water partition coefficient (Wildman–Crippen LogP) is 0.845. The average Bonchev–Trinajstić information content (AvgIpc) is 3.08. The predicted molar refractivity (Wildman–Crippen MR) is 84.0 cm³/mol. The Hall–Kier alpha value is -2.62. The van der Waals surface area contributed by atoms with E-state index in [4.69, 9.17) is 0 Å². The van der Waals surface area contributed by atoms with Crippen LogP contribution in [0.2, 0.25) is 0 Å². The van der Waals surface area contributed by atoms with Crippen molar-refractivity contribution in [3.05, 3.63) is 42.5 Å². The van der Waals surface area contributed by atoms with E-state index in [9.17, 15) is 8.60 Å². The third-order valence-electron chi connectivity index (χ3n) is 3.23. The molecule has 0 saturated heterocycles. The molecule has 24 heavy (non-hydrogen) atoms. The maximum Gasteiger partial charge on any atom is 0.203 e. The van der Waals surface area contributed by atoms with Gasteiger partial charge in [-0.3, -0.25) is 4.21 Å². The van der Waals surface area contributed by atoms with Gasteiger partial charge in [-0.15, -0.1) is 25.5 Å². The molecular weight excluding hydrogens is 333 g/mol. The Morgan fingerprint density at radius 2 is 1.83 bits per heavy atom. The fourth-order valence-electron chi connectivity index (χ4n) is 2.04. The number of halogens is 1. The normalized spacial score (nSPS) is 12.2. The lowest BCUT2D eigenvalue weighted by atomic mass is 10.2. The summed E-state index contributed by atoms with van der Waals surface area (Å²) in [6, 6.07) is 7.09. The molecule has 0 fully saturated rings. The van der Waals surface area contributed by atoms with Crippen LogP contribution in [0.4, 0.5) is 4.39 Å². The molecule has 1 aromatic carbocycles. The molecule has 10 heteroatoms. The Kier molecular flexibility index (Phi) is 5.26. The number of hydrogen-bond donors (Lipinski definition) is 0. The van der Waals surface area contributed by atoms with Crippen molar-refractivity contribution in [2.75, 3.05) is 12.4 Å². The van der Waals surface area contributed by atoms with E-state index in [0.717, 1.165) is 5.56 Å². The van der Waals surface area contributed by atoms with Crippen LogP contribution in [0.1, 0.15) is 5.69 Å². The second-order valence-electron chi connectivity index (χ2n) is 4.86. The minimum Gasteiger partial charge on any atom is -0.254 e. The van der Waals surface area contributed by atoms with Gasteiger partial charge in [0.1, 0.15) is 6.67 Å². The van der Waals surface area contributed by atoms with E-state index >= 15 is 0 Å². The maximum atomic E-state index is 12.3. The third kappa shape index (κ3) is 4.02. The van der Waals surface area contributed by atoms with Crippen molar-refractivity contribution in [1.82, 2.24) is 35.4 Å². The zero-order valence-electron chi connectivity index (χ0n) is 12.6. The van der Waals surface area contributed by atoms with Crippen molar-refractivity contribution in [1.29, 1.82) is 0 Å². The van der Waals surface area contributed by atoms with Gasteiger partial charge in [-0.1, -0.05) is 5.21 Å². The van der Waals surface area contributed by atoms with Gasteiger partial charge in [-0.05, 0) is 24.3 Å². The Balaban J connectivity index is 1.60. The summed E-state index contributed by atoms with van der Waals surface area (Å²) in [7, 11) is -1.17. The van der Waals surface area contributed by atoms with Gasteiger partial charge in [0.05, 0.1) is 23.0 Å². The molecule has 0 amide bonds. The summed E-state index contributed by atoms with van der Waals surface area (Å²) >= 11 is 0. The Labute approximate surface area is 139 Å². The fourth-order valence-corrected chi connectivity index (χ4v) is 3.11. The molecule has 0 saturated carbocycles. The smallest absolute Gasteiger partial charge is 0.203 e. The molecule has 3 rings (SSSR count). The zero-order valence-corrected chi connectivity index (χ0v) is 13.4. The van der Waals surface area contributed by atoms with Gasteiger partial charge in [-0.25, -0.2) is 9.07 Å². The average molecular weight is 347 g/mol. The molecule has 2 aromatic heterocycles. The van der Waals surface area contributed by atoms with Crippen molar-refractivity contribution in [2.24, 2.45) is 0 Å². The Morgan fingerprint density at radius 1 is 1.08 bits per heavy atom. The molecule has 1 unspecified atom stereocenters. The summed E-state index contributed by atoms with van der Waals surface area (Å²) in [5, 5.41) is 22.8. The number of hydrogen-bond acceptors (Lipinski definition) is 7. The quantitative estimate of drug-likeness (QED) is 0.624. The summed E-state index contributed by atoms with van der Waals surface area (Å²) in [6.07, 6.45) is 3.44. The molecule has 2 heterocycles. The van der Waals surface area contributed by atoms with E-state index in [2.05, 4.69) is 30.7 Å². The highest BCUT2D eigenvalue weighted by Gasteiger charge is 2.08. The number of rotatable bonds is 7. The molecule has 3 aromatic rings. The van der Waals surface area contributed by atoms with Gasteiger partial charge < -0.3 is 0 Å². The fraction of sp³-hybridized carbons (Fsp3) is 0.286. The van der Waals surface area contributed by atoms with Gasteiger partial charge in [0.25, 0.3) is 0 Å². The highest BCUT2D eigenvalue weighted by atomic mass is 32.2. The molecule has 8 nitrogen and oxygen atoms in total. The van der Waals surface area contributed by atoms with Crippen LogP contribution in [0.15, 0.2) is 41.7 Å². The first-order valence-electron chi connectivity index (χ1n) is 7.20. The minimum absolute atomic E-state index is 0.183. The first-order chi connectivity index (χ1) is 11.8. The first kappa shape index (κ1) is 16.2. The lowest BCUT2D eigenvalue weighted by Crippen LogP contribution is -2.02. The minimum atomic E-state index is -1.17. The first-order valence-corrected chi connectivity index (χ1v) is 8.52. The topological polar surface area (TPSA) is 99.3 Å². The van der Waals surface area contributed by atoms with E-state index in [0.29, 0.717) is 28.6 Å². The van der Waals surface area contributed by atoms with Crippen molar-refractivity contribution in [3.63, 3.8) is 0 Å². The number of aromatic nitrogens is 7. The van der Waals surface area contributed by atoms with Crippen LogP contribution in [-0.2, 0) is 23.8 Å². The number of alkyl halides is 1. The molecule has 0 bridgehead atoms. The zero-order chi connectivity index (χ0) is 16.8. The van der Waals surface area contributed by atoms with Crippen LogP contribution in [-0.4, -0.2) is 52.0 Å². The molecule has 124 valence electrons. The van der Waals surface area contributed by atoms with Gasteiger partial charge >= 0.3 is 0 Å². The lowest BCUT2D eigenvalue weighted by molar-refractivity contribution is 0.422. The van der Waals surface area contributed by atoms with E-state index in [1.165, 1.54) is 11.0 Å². The van der Waals surface area contributed by atoms with Gasteiger partial charge in [0.15, 0.2) is 6.33 Å². The van der Waals surface area contributed by atoms with E-state index in [1.807, 2.05) is 0 Å². The summed E-state index contributed by atoms with van der Waals surface area (Å²) < 4.78 is 26.0. The Bertz CT molecular complexity index is 810. The van der Waals surface area contributed by atoms with Crippen LogP contribution >= 0.6 is 0 Å². The summed E-state index contributed by atoms with van der Waals surface area (Å²) in [5.41, 5.74) is 1.45. The molecule has 0 aliphatic carbocycles. The lowest BCUT2D eigenvalue weighted by Gasteiger charge is -2.02. The second kappa shape index (κ2) is 7.77. The summed E-state index contributed by atoms with van der Waals surface area (Å²) in [4.78, 5) is 0.701. The largest absolute Gasteiger partial charge is 0.254 e. The van der Waals surface area contributed by atoms with E-state index in [-0.39, 0.29) is 6.54 Å². The summed E-state index contributed by atoms with van der Waals surface area (Å²) in [6.45, 7) is -0.305. The molecule has 0 aliphatic heterocycles. The van der Waals surface area contributed by atoms with Gasteiger partial charge in [0, 0.05) is 28.8 Å². The molecule has 1 atom stereocenters. The maximum absolute atomic E-state index is 12.3. The number of benzene rings is 1. The third-order valence-corrected chi connectivity index (χ3v) is 4.60. The molecule has 0 spiro atoms. The van der Waals surface area contributed by atoms with Crippen LogP contribution in [0.5, 0.6) is 0 Å². The van der Waals surface area contributed by atoms with Crippen LogP contribution in [0.3, 0.4) is 0 Å². The van der Waals surface area contributed by atoms with Crippen LogP contribution in [0, 0.1) is 0 Å². The second-order valence-corrected chi connectivity index (χ2v) is 6.43. The van der Waals surface area contributed by atoms with Crippen molar-refractivity contribution >= 4 is 10.8 Å². The van der Waals surface area contributed by atoms with Crippen LogP contribution < -0.4 is 0 Å².